The Kier molecular flexibility index (Phi) is 8.09. The van der Waals surface area contributed by atoms with E-state index in [9.17, 15) is 18.1 Å². The molecular formula is C33H29F2N5O3S2Si. The number of benzene rings is 3. The van der Waals surface area contributed by atoms with Gasteiger partial charge < -0.3 is 13.6 Å². The van der Waals surface area contributed by atoms with Crippen LogP contribution in [-0.2, 0) is 16.0 Å². The minimum atomic E-state index is -1.43. The van der Waals surface area contributed by atoms with Crippen LogP contribution in [0.15, 0.2) is 75.5 Å². The fraction of sp³-hybridized carbons (Fsp3) is 0.212. The van der Waals surface area contributed by atoms with Crippen molar-refractivity contribution in [1.82, 2.24) is 19.7 Å². The predicted molar refractivity (Wildman–Crippen MR) is 178 cm³/mol. The lowest BCUT2D eigenvalue weighted by atomic mass is 10.0. The third kappa shape index (κ3) is 5.57. The van der Waals surface area contributed by atoms with Gasteiger partial charge in [-0.15, -0.1) is 11.3 Å². The van der Waals surface area contributed by atoms with E-state index in [4.69, 9.17) is 14.5 Å². The number of carbonyl (C=O) groups excluding carboxylic acids is 1. The zero-order valence-corrected chi connectivity index (χ0v) is 28.3. The highest BCUT2D eigenvalue weighted by Crippen LogP contribution is 2.37. The van der Waals surface area contributed by atoms with Crippen molar-refractivity contribution < 1.29 is 22.7 Å². The van der Waals surface area contributed by atoms with Gasteiger partial charge >= 0.3 is 0 Å². The van der Waals surface area contributed by atoms with Gasteiger partial charge in [-0.3, -0.25) is 9.36 Å². The van der Waals surface area contributed by atoms with Crippen LogP contribution in [0.4, 0.5) is 14.5 Å². The van der Waals surface area contributed by atoms with Gasteiger partial charge in [0.1, 0.15) is 27.5 Å². The van der Waals surface area contributed by atoms with E-state index in [1.54, 1.807) is 10.8 Å². The van der Waals surface area contributed by atoms with E-state index in [0.717, 1.165) is 79.3 Å². The van der Waals surface area contributed by atoms with Crippen LogP contribution in [0, 0.1) is 25.5 Å². The molecule has 0 spiro atoms. The van der Waals surface area contributed by atoms with E-state index in [1.807, 2.05) is 61.7 Å². The Morgan fingerprint density at radius 2 is 1.80 bits per heavy atom. The number of halogens is 2. The fourth-order valence-corrected chi connectivity index (χ4v) is 9.59. The molecule has 0 aliphatic carbocycles. The molecule has 7 rings (SSSR count). The van der Waals surface area contributed by atoms with E-state index in [1.165, 1.54) is 17.4 Å². The first-order chi connectivity index (χ1) is 22.2. The van der Waals surface area contributed by atoms with E-state index < -0.39 is 32.5 Å². The van der Waals surface area contributed by atoms with Crippen molar-refractivity contribution in [3.05, 3.63) is 95.0 Å². The van der Waals surface area contributed by atoms with Gasteiger partial charge in [-0.1, -0.05) is 11.2 Å². The van der Waals surface area contributed by atoms with Crippen molar-refractivity contribution in [3.63, 3.8) is 0 Å². The summed E-state index contributed by atoms with van der Waals surface area (Å²) in [5, 5.41) is 6.84. The molecule has 3 aromatic carbocycles. The van der Waals surface area contributed by atoms with Crippen molar-refractivity contribution >= 4 is 54.8 Å². The fourth-order valence-electron chi connectivity index (χ4n) is 6.10. The lowest BCUT2D eigenvalue weighted by molar-refractivity contribution is -0.117. The molecule has 8 nitrogen and oxygen atoms in total. The molecule has 1 aliphatic rings. The Morgan fingerprint density at radius 1 is 1.02 bits per heavy atom. The Labute approximate surface area is 273 Å². The van der Waals surface area contributed by atoms with Gasteiger partial charge in [0.25, 0.3) is 0 Å². The van der Waals surface area contributed by atoms with Crippen molar-refractivity contribution in [2.75, 3.05) is 10.8 Å². The topological polar surface area (TPSA) is 100 Å². The predicted octanol–water partition coefficient (Wildman–Crippen LogP) is 6.78. The Morgan fingerprint density at radius 3 is 2.52 bits per heavy atom. The highest BCUT2D eigenvalue weighted by molar-refractivity contribution is 7.90. The minimum absolute atomic E-state index is 0.0827. The summed E-state index contributed by atoms with van der Waals surface area (Å²) in [5.41, 5.74) is 6.26. The second-order valence-corrected chi connectivity index (χ2v) is 15.6. The average Bonchev–Trinajstić information content (AvgIpc) is 3.73. The SMILES string of the molecule is Cc1noc(C)c1-c1ccc2c(c1)nc([C@@H]1CCCC(=O)N(c3ccc(F)c(F)c3)[SiH2]1)n2-c1nc(-c2ccc([S+](C)[O-])cc2)cs1. The number of imidazole rings is 1. The molecule has 13 heteroatoms. The first-order valence-corrected chi connectivity index (χ1v) is 18.7. The van der Waals surface area contributed by atoms with Crippen LogP contribution >= 0.6 is 11.3 Å². The van der Waals surface area contributed by atoms with Crippen LogP contribution in [0.25, 0.3) is 38.5 Å². The molecule has 0 bridgehead atoms. The number of nitrogens with zero attached hydrogens (tertiary/aromatic N) is 5. The van der Waals surface area contributed by atoms with Crippen LogP contribution < -0.4 is 4.57 Å². The molecule has 1 amide bonds. The van der Waals surface area contributed by atoms with Crippen molar-refractivity contribution in [2.24, 2.45) is 0 Å². The number of thiazole rings is 1. The van der Waals surface area contributed by atoms with Crippen molar-refractivity contribution in [2.45, 2.75) is 43.5 Å². The van der Waals surface area contributed by atoms with Gasteiger partial charge in [0, 0.05) is 34.2 Å². The van der Waals surface area contributed by atoms with Gasteiger partial charge in [0.15, 0.2) is 21.7 Å². The minimum Gasteiger partial charge on any atom is -0.612 e. The summed E-state index contributed by atoms with van der Waals surface area (Å²) >= 11 is 0.412. The first-order valence-electron chi connectivity index (χ1n) is 14.8. The zero-order chi connectivity index (χ0) is 32.1. The molecule has 1 unspecified atom stereocenters. The molecule has 2 atom stereocenters. The molecule has 0 saturated carbocycles. The highest BCUT2D eigenvalue weighted by Gasteiger charge is 2.31. The molecule has 0 radical (unpaired) electrons. The van der Waals surface area contributed by atoms with Crippen LogP contribution in [0.5, 0.6) is 0 Å². The van der Waals surface area contributed by atoms with Crippen LogP contribution in [0.2, 0.25) is 0 Å². The zero-order valence-electron chi connectivity index (χ0n) is 25.3. The highest BCUT2D eigenvalue weighted by atomic mass is 32.2. The maximum atomic E-state index is 14.3. The van der Waals surface area contributed by atoms with E-state index in [2.05, 4.69) is 9.72 Å². The number of anilines is 1. The monoisotopic (exact) mass is 673 g/mol. The number of hydrogen-bond donors (Lipinski definition) is 0. The molecule has 3 aromatic heterocycles. The van der Waals surface area contributed by atoms with Gasteiger partial charge in [-0.05, 0) is 98.0 Å². The van der Waals surface area contributed by atoms with Crippen molar-refractivity contribution in [3.8, 4) is 27.5 Å². The maximum Gasteiger partial charge on any atom is 0.218 e. The van der Waals surface area contributed by atoms with Gasteiger partial charge in [0.05, 0.1) is 22.4 Å². The smallest absolute Gasteiger partial charge is 0.218 e. The lowest BCUT2D eigenvalue weighted by Gasteiger charge is -2.24. The van der Waals surface area contributed by atoms with Crippen LogP contribution in [-0.4, -0.2) is 46.1 Å². The number of aromatic nitrogens is 4. The number of carbonyl (C=O) groups is 1. The third-order valence-corrected chi connectivity index (χ3v) is 12.5. The van der Waals surface area contributed by atoms with Crippen LogP contribution in [0.3, 0.4) is 0 Å². The molecule has 234 valence electrons. The summed E-state index contributed by atoms with van der Waals surface area (Å²) < 4.78 is 49.2. The number of amides is 1. The molecule has 6 aromatic rings. The lowest BCUT2D eigenvalue weighted by Crippen LogP contribution is -2.36. The summed E-state index contributed by atoms with van der Waals surface area (Å²) in [7, 11) is -1.43. The van der Waals surface area contributed by atoms with Crippen LogP contribution in [0.1, 0.15) is 42.1 Å². The van der Waals surface area contributed by atoms with E-state index >= 15 is 0 Å². The molecule has 0 N–H and O–H groups in total. The summed E-state index contributed by atoms with van der Waals surface area (Å²) in [6.07, 6.45) is 3.35. The average molecular weight is 674 g/mol. The molecule has 46 heavy (non-hydrogen) atoms. The Balaban J connectivity index is 1.35. The number of rotatable bonds is 6. The molecule has 1 fully saturated rings. The largest absolute Gasteiger partial charge is 0.612 e. The second-order valence-electron chi connectivity index (χ2n) is 11.4. The quantitative estimate of drug-likeness (QED) is 0.143. The van der Waals surface area contributed by atoms with E-state index in [0.29, 0.717) is 18.5 Å². The summed E-state index contributed by atoms with van der Waals surface area (Å²) in [5.74, 6) is -0.505. The standard InChI is InChI=1S/C33H29F2N5O3S2Si/c1-18-31(19(2)43-38-18)21-9-14-28-26(15-21)36-32(29-5-4-6-30(41)40(46-29)22-10-13-24(34)25(35)16-22)39(28)33-37-27(17-44-33)20-7-11-23(12-8-20)45(3)42/h7-17,29H,4-6,46H2,1-3H3/t29-,45?/m0/s1. The number of aryl methyl sites for hydroxylation is 2. The third-order valence-electron chi connectivity index (χ3n) is 8.40. The van der Waals surface area contributed by atoms with Gasteiger partial charge in [-0.2, -0.15) is 0 Å². The maximum absolute atomic E-state index is 14.3. The second kappa shape index (κ2) is 12.2. The van der Waals surface area contributed by atoms with Gasteiger partial charge in [-0.25, -0.2) is 18.7 Å². The molecule has 4 heterocycles. The van der Waals surface area contributed by atoms with E-state index in [-0.39, 0.29) is 11.4 Å². The van der Waals surface area contributed by atoms with Gasteiger partial charge in [0.2, 0.25) is 5.91 Å². The molecular weight excluding hydrogens is 645 g/mol. The number of hydrogen-bond acceptors (Lipinski definition) is 7. The molecule has 1 aliphatic heterocycles. The Hall–Kier alpha value is -4.17. The number of fused-ring (bicyclic) bond motifs is 1. The first kappa shape index (κ1) is 30.5. The molecule has 1 saturated heterocycles. The summed E-state index contributed by atoms with van der Waals surface area (Å²) in [6.45, 7) is 3.79. The Bertz CT molecular complexity index is 2070. The summed E-state index contributed by atoms with van der Waals surface area (Å²) in [4.78, 5) is 24.2. The van der Waals surface area contributed by atoms with Crippen molar-refractivity contribution in [1.29, 1.82) is 0 Å². The normalized spacial score (nSPS) is 16.8. The summed E-state index contributed by atoms with van der Waals surface area (Å²) in [6, 6.07) is 17.2.